The SMILES string of the molecule is CCC1(c2cn(C)nn2)CC1. The molecule has 1 aromatic heterocycles. The van der Waals surface area contributed by atoms with Crippen LogP contribution in [-0.2, 0) is 12.5 Å². The molecule has 0 atom stereocenters. The zero-order valence-corrected chi connectivity index (χ0v) is 7.04. The van der Waals surface area contributed by atoms with Crippen LogP contribution in [0, 0.1) is 0 Å². The second kappa shape index (κ2) is 2.06. The van der Waals surface area contributed by atoms with E-state index in [9.17, 15) is 0 Å². The highest BCUT2D eigenvalue weighted by atomic mass is 15.4. The van der Waals surface area contributed by atoms with Crippen LogP contribution in [0.5, 0.6) is 0 Å². The zero-order chi connectivity index (χ0) is 7.90. The van der Waals surface area contributed by atoms with Crippen molar-refractivity contribution in [2.45, 2.75) is 31.6 Å². The summed E-state index contributed by atoms with van der Waals surface area (Å²) in [5, 5.41) is 8.07. The van der Waals surface area contributed by atoms with E-state index >= 15 is 0 Å². The molecule has 0 N–H and O–H groups in total. The average molecular weight is 151 g/mol. The minimum atomic E-state index is 0.411. The summed E-state index contributed by atoms with van der Waals surface area (Å²) in [6.07, 6.45) is 5.83. The summed E-state index contributed by atoms with van der Waals surface area (Å²) in [5.74, 6) is 0. The first kappa shape index (κ1) is 6.83. The summed E-state index contributed by atoms with van der Waals surface area (Å²) in [5.41, 5.74) is 1.59. The average Bonchev–Trinajstić information content (AvgIpc) is 2.70. The monoisotopic (exact) mass is 151 g/mol. The van der Waals surface area contributed by atoms with Crippen molar-refractivity contribution < 1.29 is 0 Å². The van der Waals surface area contributed by atoms with Crippen LogP contribution in [0.4, 0.5) is 0 Å². The van der Waals surface area contributed by atoms with Crippen LogP contribution in [0.3, 0.4) is 0 Å². The molecule has 3 nitrogen and oxygen atoms in total. The Morgan fingerprint density at radius 1 is 1.64 bits per heavy atom. The third-order valence-electron chi connectivity index (χ3n) is 2.68. The van der Waals surface area contributed by atoms with E-state index in [1.165, 1.54) is 25.0 Å². The first-order valence-electron chi connectivity index (χ1n) is 4.14. The highest BCUT2D eigenvalue weighted by Crippen LogP contribution is 2.49. The smallest absolute Gasteiger partial charge is 0.0888 e. The van der Waals surface area contributed by atoms with Crippen molar-refractivity contribution in [1.29, 1.82) is 0 Å². The molecule has 2 rings (SSSR count). The normalized spacial score (nSPS) is 20.2. The Morgan fingerprint density at radius 2 is 2.36 bits per heavy atom. The van der Waals surface area contributed by atoms with E-state index < -0.39 is 0 Å². The number of rotatable bonds is 2. The molecule has 0 amide bonds. The molecule has 1 fully saturated rings. The largest absolute Gasteiger partial charge is 0.255 e. The van der Waals surface area contributed by atoms with E-state index in [1.54, 1.807) is 4.68 Å². The molecule has 0 aliphatic heterocycles. The maximum absolute atomic E-state index is 4.13. The number of hydrogen-bond donors (Lipinski definition) is 0. The van der Waals surface area contributed by atoms with Crippen molar-refractivity contribution in [3.8, 4) is 0 Å². The molecule has 11 heavy (non-hydrogen) atoms. The van der Waals surface area contributed by atoms with Crippen LogP contribution in [0.1, 0.15) is 31.9 Å². The fraction of sp³-hybridized carbons (Fsp3) is 0.750. The Labute approximate surface area is 66.4 Å². The third-order valence-corrected chi connectivity index (χ3v) is 2.68. The van der Waals surface area contributed by atoms with Gasteiger partial charge in [-0.1, -0.05) is 12.1 Å². The molecule has 0 saturated heterocycles. The van der Waals surface area contributed by atoms with Gasteiger partial charge in [-0.3, -0.25) is 4.68 Å². The number of aromatic nitrogens is 3. The second-order valence-electron chi connectivity index (χ2n) is 3.41. The lowest BCUT2D eigenvalue weighted by atomic mass is 10.0. The van der Waals surface area contributed by atoms with Crippen LogP contribution < -0.4 is 0 Å². The third kappa shape index (κ3) is 0.951. The standard InChI is InChI=1S/C8H13N3/c1-3-8(4-5-8)7-6-11(2)10-9-7/h6H,3-5H2,1-2H3. The molecule has 1 aromatic rings. The van der Waals surface area contributed by atoms with E-state index in [1.807, 2.05) is 13.2 Å². The fourth-order valence-electron chi connectivity index (χ4n) is 1.53. The molecule has 1 heterocycles. The van der Waals surface area contributed by atoms with E-state index in [0.29, 0.717) is 5.41 Å². The predicted molar refractivity (Wildman–Crippen MR) is 42.2 cm³/mol. The van der Waals surface area contributed by atoms with Gasteiger partial charge >= 0.3 is 0 Å². The van der Waals surface area contributed by atoms with Gasteiger partial charge in [0, 0.05) is 18.7 Å². The first-order chi connectivity index (χ1) is 5.27. The van der Waals surface area contributed by atoms with Gasteiger partial charge in [0.25, 0.3) is 0 Å². The van der Waals surface area contributed by atoms with Gasteiger partial charge in [0.05, 0.1) is 5.69 Å². The zero-order valence-electron chi connectivity index (χ0n) is 7.04. The van der Waals surface area contributed by atoms with E-state index in [0.717, 1.165) is 0 Å². The summed E-state index contributed by atoms with van der Waals surface area (Å²) < 4.78 is 1.78. The Kier molecular flexibility index (Phi) is 1.28. The molecule has 1 saturated carbocycles. The van der Waals surface area contributed by atoms with Gasteiger partial charge in [0.2, 0.25) is 0 Å². The van der Waals surface area contributed by atoms with Gasteiger partial charge in [-0.05, 0) is 19.3 Å². The van der Waals surface area contributed by atoms with Crippen molar-refractivity contribution in [2.75, 3.05) is 0 Å². The lowest BCUT2D eigenvalue weighted by Gasteiger charge is -2.05. The van der Waals surface area contributed by atoms with E-state index in [2.05, 4.69) is 17.2 Å². The molecule has 0 aromatic carbocycles. The van der Waals surface area contributed by atoms with Crippen LogP contribution >= 0.6 is 0 Å². The van der Waals surface area contributed by atoms with Crippen molar-refractivity contribution in [3.63, 3.8) is 0 Å². The predicted octanol–water partition coefficient (Wildman–Crippen LogP) is 1.26. The Morgan fingerprint density at radius 3 is 2.73 bits per heavy atom. The Balaban J connectivity index is 2.29. The first-order valence-corrected chi connectivity index (χ1v) is 4.14. The summed E-state index contributed by atoms with van der Waals surface area (Å²) in [4.78, 5) is 0. The van der Waals surface area contributed by atoms with Gasteiger partial charge in [-0.15, -0.1) is 5.10 Å². The summed E-state index contributed by atoms with van der Waals surface area (Å²) in [7, 11) is 1.92. The second-order valence-corrected chi connectivity index (χ2v) is 3.41. The molecule has 1 aliphatic rings. The molecule has 0 bridgehead atoms. The minimum absolute atomic E-state index is 0.411. The fourth-order valence-corrected chi connectivity index (χ4v) is 1.53. The maximum atomic E-state index is 4.13. The maximum Gasteiger partial charge on any atom is 0.0888 e. The van der Waals surface area contributed by atoms with E-state index in [-0.39, 0.29) is 0 Å². The van der Waals surface area contributed by atoms with Crippen molar-refractivity contribution in [1.82, 2.24) is 15.0 Å². The highest BCUT2D eigenvalue weighted by molar-refractivity contribution is 5.20. The number of nitrogens with zero attached hydrogens (tertiary/aromatic N) is 3. The van der Waals surface area contributed by atoms with Crippen LogP contribution in [0.25, 0.3) is 0 Å². The van der Waals surface area contributed by atoms with Crippen LogP contribution in [-0.4, -0.2) is 15.0 Å². The van der Waals surface area contributed by atoms with Crippen molar-refractivity contribution in [3.05, 3.63) is 11.9 Å². The van der Waals surface area contributed by atoms with Gasteiger partial charge < -0.3 is 0 Å². The van der Waals surface area contributed by atoms with Crippen molar-refractivity contribution >= 4 is 0 Å². The highest BCUT2D eigenvalue weighted by Gasteiger charge is 2.44. The van der Waals surface area contributed by atoms with Gasteiger partial charge in [-0.2, -0.15) is 0 Å². The van der Waals surface area contributed by atoms with Crippen molar-refractivity contribution in [2.24, 2.45) is 7.05 Å². The molecule has 60 valence electrons. The van der Waals surface area contributed by atoms with Crippen LogP contribution in [0.2, 0.25) is 0 Å². The summed E-state index contributed by atoms with van der Waals surface area (Å²) in [6, 6.07) is 0. The lowest BCUT2D eigenvalue weighted by Crippen LogP contribution is -2.04. The molecule has 1 aliphatic carbocycles. The van der Waals surface area contributed by atoms with Gasteiger partial charge in [-0.25, -0.2) is 0 Å². The van der Waals surface area contributed by atoms with E-state index in [4.69, 9.17) is 0 Å². The molecular formula is C8H13N3. The van der Waals surface area contributed by atoms with Gasteiger partial charge in [0.15, 0.2) is 0 Å². The van der Waals surface area contributed by atoms with Crippen LogP contribution in [0.15, 0.2) is 6.20 Å². The molecule has 3 heteroatoms. The summed E-state index contributed by atoms with van der Waals surface area (Å²) >= 11 is 0. The molecule has 0 radical (unpaired) electrons. The Bertz CT molecular complexity index is 260. The quantitative estimate of drug-likeness (QED) is 0.637. The Hall–Kier alpha value is -0.860. The number of aryl methyl sites for hydroxylation is 1. The number of hydrogen-bond acceptors (Lipinski definition) is 2. The minimum Gasteiger partial charge on any atom is -0.255 e. The molecular weight excluding hydrogens is 138 g/mol. The summed E-state index contributed by atoms with van der Waals surface area (Å²) in [6.45, 7) is 2.22. The molecule has 0 spiro atoms. The molecule has 0 unspecified atom stereocenters. The topological polar surface area (TPSA) is 30.7 Å². The van der Waals surface area contributed by atoms with Gasteiger partial charge in [0.1, 0.15) is 0 Å². The lowest BCUT2D eigenvalue weighted by molar-refractivity contribution is 0.636.